The van der Waals surface area contributed by atoms with E-state index < -0.39 is 10.1 Å². The second-order valence-corrected chi connectivity index (χ2v) is 6.21. The summed E-state index contributed by atoms with van der Waals surface area (Å²) < 4.78 is 29.4. The van der Waals surface area contributed by atoms with E-state index >= 15 is 0 Å². The van der Waals surface area contributed by atoms with Crippen LogP contribution >= 0.6 is 0 Å². The number of aliphatic hydroxyl groups excluding tert-OH is 1. The quantitative estimate of drug-likeness (QED) is 0.445. The maximum Gasteiger partial charge on any atom is 0.264 e. The fraction of sp³-hybridized carbons (Fsp3) is 1.00. The standard InChI is InChI=1S/C12H26O4S/c1-2-9-12(13)10-7-5-3-4-6-8-11-17(14,15)16/h12-13H,2-11H2,1H3,(H,14,15,16). The van der Waals surface area contributed by atoms with Crippen LogP contribution in [0.3, 0.4) is 0 Å². The van der Waals surface area contributed by atoms with Crippen LogP contribution in [-0.2, 0) is 10.1 Å². The summed E-state index contributed by atoms with van der Waals surface area (Å²) in [5.74, 6) is -0.123. The van der Waals surface area contributed by atoms with E-state index in [2.05, 4.69) is 6.92 Å². The third-order valence-electron chi connectivity index (χ3n) is 2.81. The molecule has 4 nitrogen and oxygen atoms in total. The molecule has 0 bridgehead atoms. The minimum Gasteiger partial charge on any atom is -0.393 e. The number of aliphatic hydroxyl groups is 1. The zero-order valence-corrected chi connectivity index (χ0v) is 11.6. The van der Waals surface area contributed by atoms with Crippen LogP contribution in [0.2, 0.25) is 0 Å². The molecule has 0 heterocycles. The Hall–Kier alpha value is -0.130. The van der Waals surface area contributed by atoms with E-state index in [-0.39, 0.29) is 11.9 Å². The van der Waals surface area contributed by atoms with E-state index in [1.807, 2.05) is 0 Å². The van der Waals surface area contributed by atoms with Crippen LogP contribution in [0.25, 0.3) is 0 Å². The second-order valence-electron chi connectivity index (χ2n) is 4.64. The number of rotatable bonds is 11. The van der Waals surface area contributed by atoms with Crippen molar-refractivity contribution in [1.29, 1.82) is 0 Å². The van der Waals surface area contributed by atoms with Gasteiger partial charge in [0.05, 0.1) is 11.9 Å². The lowest BCUT2D eigenvalue weighted by atomic mass is 10.0. The number of unbranched alkanes of at least 4 members (excludes halogenated alkanes) is 5. The third-order valence-corrected chi connectivity index (χ3v) is 3.62. The molecular weight excluding hydrogens is 240 g/mol. The number of hydrogen-bond donors (Lipinski definition) is 2. The van der Waals surface area contributed by atoms with Crippen LogP contribution in [-0.4, -0.2) is 29.9 Å². The fourth-order valence-corrected chi connectivity index (χ4v) is 2.42. The van der Waals surface area contributed by atoms with Crippen molar-refractivity contribution < 1.29 is 18.1 Å². The van der Waals surface area contributed by atoms with Gasteiger partial charge in [-0.25, -0.2) is 0 Å². The van der Waals surface area contributed by atoms with Gasteiger partial charge < -0.3 is 5.11 Å². The lowest BCUT2D eigenvalue weighted by molar-refractivity contribution is 0.150. The fourth-order valence-electron chi connectivity index (χ4n) is 1.85. The predicted octanol–water partition coefficient (Wildman–Crippen LogP) is 2.77. The second kappa shape index (κ2) is 9.85. The summed E-state index contributed by atoms with van der Waals surface area (Å²) in [5, 5.41) is 9.48. The Labute approximate surface area is 105 Å². The van der Waals surface area contributed by atoms with E-state index in [0.717, 1.165) is 51.4 Å². The van der Waals surface area contributed by atoms with E-state index in [4.69, 9.17) is 4.55 Å². The maximum atomic E-state index is 10.4. The van der Waals surface area contributed by atoms with Crippen LogP contribution in [0, 0.1) is 0 Å². The SMILES string of the molecule is CCCC(O)CCCCCCCCS(=O)(=O)O. The third kappa shape index (κ3) is 13.8. The Morgan fingerprint density at radius 2 is 1.47 bits per heavy atom. The molecule has 0 aliphatic heterocycles. The van der Waals surface area contributed by atoms with E-state index in [9.17, 15) is 13.5 Å². The monoisotopic (exact) mass is 266 g/mol. The highest BCUT2D eigenvalue weighted by Gasteiger charge is 2.04. The summed E-state index contributed by atoms with van der Waals surface area (Å²) in [6.45, 7) is 2.07. The highest BCUT2D eigenvalue weighted by atomic mass is 32.2. The van der Waals surface area contributed by atoms with Crippen molar-refractivity contribution in [3.8, 4) is 0 Å². The van der Waals surface area contributed by atoms with Crippen molar-refractivity contribution >= 4 is 10.1 Å². The molecule has 104 valence electrons. The van der Waals surface area contributed by atoms with Gasteiger partial charge in [-0.3, -0.25) is 4.55 Å². The van der Waals surface area contributed by atoms with E-state index in [0.29, 0.717) is 6.42 Å². The summed E-state index contributed by atoms with van der Waals surface area (Å²) in [4.78, 5) is 0. The first-order valence-corrected chi connectivity index (χ1v) is 8.20. The molecule has 0 saturated heterocycles. The van der Waals surface area contributed by atoms with Crippen molar-refractivity contribution in [2.75, 3.05) is 5.75 Å². The minimum atomic E-state index is -3.77. The van der Waals surface area contributed by atoms with Gasteiger partial charge >= 0.3 is 0 Å². The smallest absolute Gasteiger partial charge is 0.264 e. The van der Waals surface area contributed by atoms with Gasteiger partial charge in [-0.15, -0.1) is 0 Å². The minimum absolute atomic E-state index is 0.123. The Morgan fingerprint density at radius 3 is 2.00 bits per heavy atom. The van der Waals surface area contributed by atoms with Gasteiger partial charge in [-0.05, 0) is 19.3 Å². The van der Waals surface area contributed by atoms with Crippen molar-refractivity contribution in [2.45, 2.75) is 70.8 Å². The van der Waals surface area contributed by atoms with Gasteiger partial charge in [0.2, 0.25) is 0 Å². The Bertz CT molecular complexity index is 262. The first-order chi connectivity index (χ1) is 7.95. The molecule has 17 heavy (non-hydrogen) atoms. The van der Waals surface area contributed by atoms with Crippen molar-refractivity contribution in [3.63, 3.8) is 0 Å². The van der Waals surface area contributed by atoms with Gasteiger partial charge in [0.25, 0.3) is 10.1 Å². The molecule has 2 N–H and O–H groups in total. The normalized spacial score (nSPS) is 13.8. The molecule has 0 fully saturated rings. The summed E-state index contributed by atoms with van der Waals surface area (Å²) >= 11 is 0. The molecule has 0 amide bonds. The molecule has 1 unspecified atom stereocenters. The molecule has 0 aromatic rings. The molecule has 0 aliphatic carbocycles. The van der Waals surface area contributed by atoms with Gasteiger partial charge in [0.1, 0.15) is 0 Å². The number of hydrogen-bond acceptors (Lipinski definition) is 3. The molecule has 0 rings (SSSR count). The average Bonchev–Trinajstić information content (AvgIpc) is 2.21. The summed E-state index contributed by atoms with van der Waals surface area (Å²) in [5.41, 5.74) is 0. The topological polar surface area (TPSA) is 74.6 Å². The molecule has 0 aromatic heterocycles. The molecule has 0 aromatic carbocycles. The Kier molecular flexibility index (Phi) is 9.78. The highest BCUT2D eigenvalue weighted by molar-refractivity contribution is 7.85. The van der Waals surface area contributed by atoms with Crippen LogP contribution in [0.4, 0.5) is 0 Å². The predicted molar refractivity (Wildman–Crippen MR) is 69.6 cm³/mol. The summed E-state index contributed by atoms with van der Waals surface area (Å²) in [7, 11) is -3.77. The average molecular weight is 266 g/mol. The van der Waals surface area contributed by atoms with Crippen LogP contribution in [0.15, 0.2) is 0 Å². The lowest BCUT2D eigenvalue weighted by Crippen LogP contribution is -2.05. The highest BCUT2D eigenvalue weighted by Crippen LogP contribution is 2.11. The first-order valence-electron chi connectivity index (χ1n) is 6.59. The lowest BCUT2D eigenvalue weighted by Gasteiger charge is -2.08. The molecule has 5 heteroatoms. The van der Waals surface area contributed by atoms with Crippen molar-refractivity contribution in [1.82, 2.24) is 0 Å². The van der Waals surface area contributed by atoms with Crippen molar-refractivity contribution in [3.05, 3.63) is 0 Å². The summed E-state index contributed by atoms with van der Waals surface area (Å²) in [6.07, 6.45) is 8.22. The van der Waals surface area contributed by atoms with Gasteiger partial charge in [-0.1, -0.05) is 45.4 Å². The zero-order chi connectivity index (χ0) is 13.1. The van der Waals surface area contributed by atoms with Crippen LogP contribution in [0.5, 0.6) is 0 Å². The van der Waals surface area contributed by atoms with Crippen LogP contribution in [0.1, 0.15) is 64.7 Å². The van der Waals surface area contributed by atoms with Crippen LogP contribution < -0.4 is 0 Å². The molecule has 1 atom stereocenters. The zero-order valence-electron chi connectivity index (χ0n) is 10.8. The largest absolute Gasteiger partial charge is 0.393 e. The van der Waals surface area contributed by atoms with Gasteiger partial charge in [-0.2, -0.15) is 8.42 Å². The van der Waals surface area contributed by atoms with E-state index in [1.54, 1.807) is 0 Å². The Morgan fingerprint density at radius 1 is 0.941 bits per heavy atom. The maximum absolute atomic E-state index is 10.4. The molecule has 0 radical (unpaired) electrons. The molecule has 0 spiro atoms. The van der Waals surface area contributed by atoms with Gasteiger partial charge in [0.15, 0.2) is 0 Å². The van der Waals surface area contributed by atoms with Crippen molar-refractivity contribution in [2.24, 2.45) is 0 Å². The first kappa shape index (κ1) is 16.9. The molecule has 0 aliphatic rings. The van der Waals surface area contributed by atoms with Gasteiger partial charge in [0, 0.05) is 0 Å². The summed E-state index contributed by atoms with van der Waals surface area (Å²) in [6, 6.07) is 0. The molecule has 0 saturated carbocycles. The molecular formula is C12H26O4S. The Balaban J connectivity index is 3.19. The van der Waals surface area contributed by atoms with E-state index in [1.165, 1.54) is 0 Å².